The van der Waals surface area contributed by atoms with E-state index in [2.05, 4.69) is 11.7 Å². The smallest absolute Gasteiger partial charge is 0.340 e. The summed E-state index contributed by atoms with van der Waals surface area (Å²) < 4.78 is 36.9. The number of carbonyl (C=O) groups is 1. The molecular weight excluding hydrogens is 278 g/mol. The molecule has 0 saturated heterocycles. The lowest BCUT2D eigenvalue weighted by molar-refractivity contribution is 0.0594. The minimum Gasteiger partial charge on any atom is -0.490 e. The molecule has 0 fully saturated rings. The first-order chi connectivity index (χ1) is 10.1. The Bertz CT molecular complexity index is 461. The van der Waals surface area contributed by atoms with Crippen LogP contribution in [0.3, 0.4) is 0 Å². The van der Waals surface area contributed by atoms with Gasteiger partial charge in [-0.25, -0.2) is 13.6 Å². The summed E-state index contributed by atoms with van der Waals surface area (Å²) in [5, 5.41) is 0. The van der Waals surface area contributed by atoms with Crippen LogP contribution in [0.2, 0.25) is 0 Å². The fraction of sp³-hybridized carbons (Fsp3) is 0.562. The lowest BCUT2D eigenvalue weighted by atomic mass is 10.1. The molecule has 1 rings (SSSR count). The van der Waals surface area contributed by atoms with Gasteiger partial charge in [0, 0.05) is 6.07 Å². The molecule has 21 heavy (non-hydrogen) atoms. The molecule has 0 unspecified atom stereocenters. The van der Waals surface area contributed by atoms with Crippen LogP contribution in [0.4, 0.5) is 8.78 Å². The van der Waals surface area contributed by atoms with Crippen molar-refractivity contribution in [3.05, 3.63) is 29.3 Å². The summed E-state index contributed by atoms with van der Waals surface area (Å²) in [6.07, 6.45) is 6.51. The van der Waals surface area contributed by atoms with Crippen LogP contribution in [0.5, 0.6) is 5.75 Å². The van der Waals surface area contributed by atoms with Crippen molar-refractivity contribution >= 4 is 5.97 Å². The molecular formula is C16H22F2O3. The quantitative estimate of drug-likeness (QED) is 0.498. The van der Waals surface area contributed by atoms with E-state index in [1.807, 2.05) is 0 Å². The molecule has 0 aromatic heterocycles. The molecule has 0 spiro atoms. The van der Waals surface area contributed by atoms with E-state index in [0.29, 0.717) is 6.61 Å². The van der Waals surface area contributed by atoms with Crippen molar-refractivity contribution in [3.8, 4) is 5.75 Å². The van der Waals surface area contributed by atoms with E-state index in [9.17, 15) is 13.6 Å². The van der Waals surface area contributed by atoms with E-state index in [1.54, 1.807) is 0 Å². The Kier molecular flexibility index (Phi) is 7.72. The largest absolute Gasteiger partial charge is 0.490 e. The van der Waals surface area contributed by atoms with E-state index in [4.69, 9.17) is 4.74 Å². The molecule has 1 aromatic carbocycles. The minimum atomic E-state index is -0.908. The second-order valence-corrected chi connectivity index (χ2v) is 4.87. The van der Waals surface area contributed by atoms with Crippen LogP contribution in [0.15, 0.2) is 12.1 Å². The third kappa shape index (κ3) is 5.69. The number of halogens is 2. The van der Waals surface area contributed by atoms with Crippen molar-refractivity contribution in [1.29, 1.82) is 0 Å². The highest BCUT2D eigenvalue weighted by atomic mass is 19.1. The van der Waals surface area contributed by atoms with Crippen LogP contribution in [0.1, 0.15) is 55.8 Å². The van der Waals surface area contributed by atoms with Gasteiger partial charge in [0.25, 0.3) is 0 Å². The Balaban J connectivity index is 2.45. The van der Waals surface area contributed by atoms with Gasteiger partial charge < -0.3 is 9.47 Å². The molecule has 0 heterocycles. The normalized spacial score (nSPS) is 10.5. The van der Waals surface area contributed by atoms with Gasteiger partial charge in [0.05, 0.1) is 19.3 Å². The molecule has 5 heteroatoms. The van der Waals surface area contributed by atoms with Gasteiger partial charge in [-0.1, -0.05) is 39.0 Å². The highest BCUT2D eigenvalue weighted by Crippen LogP contribution is 2.22. The predicted molar refractivity (Wildman–Crippen MR) is 76.6 cm³/mol. The lowest BCUT2D eigenvalue weighted by Gasteiger charge is -2.09. The zero-order valence-electron chi connectivity index (χ0n) is 12.6. The third-order valence-corrected chi connectivity index (χ3v) is 3.18. The fourth-order valence-electron chi connectivity index (χ4n) is 1.97. The molecule has 0 aliphatic carbocycles. The van der Waals surface area contributed by atoms with Crippen LogP contribution in [0.25, 0.3) is 0 Å². The number of ether oxygens (including phenoxy) is 2. The predicted octanol–water partition coefficient (Wildman–Crippen LogP) is 4.49. The van der Waals surface area contributed by atoms with Gasteiger partial charge in [0.15, 0.2) is 11.6 Å². The average molecular weight is 300 g/mol. The summed E-state index contributed by atoms with van der Waals surface area (Å²) in [7, 11) is 1.11. The Morgan fingerprint density at radius 1 is 1.05 bits per heavy atom. The highest BCUT2D eigenvalue weighted by molar-refractivity contribution is 5.89. The SMILES string of the molecule is CCCCCCCCOc1cc(F)c(C(=O)OC)cc1F. The van der Waals surface area contributed by atoms with E-state index in [0.717, 1.165) is 38.5 Å². The first-order valence-electron chi connectivity index (χ1n) is 7.30. The topological polar surface area (TPSA) is 35.5 Å². The molecule has 0 aliphatic rings. The number of benzene rings is 1. The van der Waals surface area contributed by atoms with Gasteiger partial charge in [-0.2, -0.15) is 0 Å². The molecule has 0 N–H and O–H groups in total. The molecule has 0 bridgehead atoms. The Morgan fingerprint density at radius 3 is 2.38 bits per heavy atom. The Hall–Kier alpha value is -1.65. The third-order valence-electron chi connectivity index (χ3n) is 3.18. The van der Waals surface area contributed by atoms with Crippen LogP contribution in [0, 0.1) is 11.6 Å². The maximum atomic E-state index is 13.7. The van der Waals surface area contributed by atoms with Gasteiger partial charge in [0.1, 0.15) is 5.82 Å². The van der Waals surface area contributed by atoms with E-state index >= 15 is 0 Å². The van der Waals surface area contributed by atoms with Gasteiger partial charge in [-0.3, -0.25) is 0 Å². The molecule has 1 aromatic rings. The van der Waals surface area contributed by atoms with Crippen LogP contribution < -0.4 is 4.74 Å². The van der Waals surface area contributed by atoms with Crippen molar-refractivity contribution in [1.82, 2.24) is 0 Å². The van der Waals surface area contributed by atoms with Gasteiger partial charge in [-0.15, -0.1) is 0 Å². The highest BCUT2D eigenvalue weighted by Gasteiger charge is 2.17. The number of carbonyl (C=O) groups excluding carboxylic acids is 1. The van der Waals surface area contributed by atoms with E-state index < -0.39 is 23.2 Å². The second kappa shape index (κ2) is 9.32. The first-order valence-corrected chi connectivity index (χ1v) is 7.30. The monoisotopic (exact) mass is 300 g/mol. The standard InChI is InChI=1S/C16H22F2O3/c1-3-4-5-6-7-8-9-21-15-11-13(17)12(10-14(15)18)16(19)20-2/h10-11H,3-9H2,1-2H3. The van der Waals surface area contributed by atoms with Crippen molar-refractivity contribution in [2.45, 2.75) is 45.4 Å². The number of unbranched alkanes of at least 4 members (excludes halogenated alkanes) is 5. The molecule has 118 valence electrons. The minimum absolute atomic E-state index is 0.172. The summed E-state index contributed by atoms with van der Waals surface area (Å²) in [5.74, 6) is -2.69. The molecule has 0 atom stereocenters. The number of methoxy groups -OCH3 is 1. The Labute approximate surface area is 124 Å². The second-order valence-electron chi connectivity index (χ2n) is 4.87. The van der Waals surface area contributed by atoms with Crippen molar-refractivity contribution in [2.24, 2.45) is 0 Å². The summed E-state index contributed by atoms with van der Waals surface area (Å²) in [4.78, 5) is 11.2. The lowest BCUT2D eigenvalue weighted by Crippen LogP contribution is -2.07. The molecule has 0 aliphatic heterocycles. The Morgan fingerprint density at radius 2 is 1.71 bits per heavy atom. The number of hydrogen-bond donors (Lipinski definition) is 0. The number of hydrogen-bond acceptors (Lipinski definition) is 3. The molecule has 0 saturated carbocycles. The van der Waals surface area contributed by atoms with E-state index in [1.165, 1.54) is 19.3 Å². The zero-order chi connectivity index (χ0) is 15.7. The van der Waals surface area contributed by atoms with Crippen molar-refractivity contribution < 1.29 is 23.0 Å². The van der Waals surface area contributed by atoms with Crippen LogP contribution in [-0.2, 0) is 4.74 Å². The first kappa shape index (κ1) is 17.4. The fourth-order valence-corrected chi connectivity index (χ4v) is 1.97. The zero-order valence-corrected chi connectivity index (χ0v) is 12.6. The maximum absolute atomic E-state index is 13.7. The summed E-state index contributed by atoms with van der Waals surface area (Å²) in [5.41, 5.74) is -0.429. The number of rotatable bonds is 9. The van der Waals surface area contributed by atoms with Crippen LogP contribution in [-0.4, -0.2) is 19.7 Å². The van der Waals surface area contributed by atoms with Crippen molar-refractivity contribution in [3.63, 3.8) is 0 Å². The van der Waals surface area contributed by atoms with Gasteiger partial charge in [0.2, 0.25) is 0 Å². The summed E-state index contributed by atoms with van der Waals surface area (Å²) >= 11 is 0. The molecule has 0 amide bonds. The summed E-state index contributed by atoms with van der Waals surface area (Å²) in [6, 6.07) is 1.69. The van der Waals surface area contributed by atoms with Gasteiger partial charge >= 0.3 is 5.97 Å². The molecule has 3 nitrogen and oxygen atoms in total. The maximum Gasteiger partial charge on any atom is 0.340 e. The average Bonchev–Trinajstić information content (AvgIpc) is 2.48. The molecule has 0 radical (unpaired) electrons. The van der Waals surface area contributed by atoms with E-state index in [-0.39, 0.29) is 5.75 Å². The van der Waals surface area contributed by atoms with Gasteiger partial charge in [-0.05, 0) is 12.5 Å². The summed E-state index contributed by atoms with van der Waals surface area (Å²) in [6.45, 7) is 2.48. The van der Waals surface area contributed by atoms with Crippen molar-refractivity contribution in [2.75, 3.05) is 13.7 Å². The van der Waals surface area contributed by atoms with Crippen LogP contribution >= 0.6 is 0 Å². The number of esters is 1.